The molecule has 2 aromatic heterocycles. The summed E-state index contributed by atoms with van der Waals surface area (Å²) < 4.78 is 5.46. The van der Waals surface area contributed by atoms with E-state index in [2.05, 4.69) is 16.2 Å². The van der Waals surface area contributed by atoms with Gasteiger partial charge in [-0.1, -0.05) is 35.5 Å². The van der Waals surface area contributed by atoms with Crippen LogP contribution in [0.5, 0.6) is 0 Å². The molecule has 1 atom stereocenters. The van der Waals surface area contributed by atoms with Crippen molar-refractivity contribution in [2.75, 3.05) is 0 Å². The molecule has 0 aliphatic heterocycles. The number of hydrogen-bond donors (Lipinski definition) is 1. The smallest absolute Gasteiger partial charge is 0.168 e. The van der Waals surface area contributed by atoms with Crippen molar-refractivity contribution in [2.24, 2.45) is 5.73 Å². The molecule has 132 valence electrons. The van der Waals surface area contributed by atoms with Crippen molar-refractivity contribution in [3.63, 3.8) is 0 Å². The second kappa shape index (κ2) is 7.02. The predicted molar refractivity (Wildman–Crippen MR) is 104 cm³/mol. The van der Waals surface area contributed by atoms with E-state index in [1.165, 1.54) is 0 Å². The van der Waals surface area contributed by atoms with Gasteiger partial charge in [-0.05, 0) is 36.8 Å². The zero-order valence-corrected chi connectivity index (χ0v) is 14.9. The molecule has 0 aliphatic rings. The molecule has 0 spiro atoms. The number of benzene rings is 2. The molecule has 0 saturated heterocycles. The summed E-state index contributed by atoms with van der Waals surface area (Å²) in [5.74, 6) is 0. The van der Waals surface area contributed by atoms with E-state index in [9.17, 15) is 0 Å². The van der Waals surface area contributed by atoms with E-state index in [0.29, 0.717) is 17.6 Å². The number of nitrogens with zero attached hydrogens (tertiary/aromatic N) is 3. The molecule has 0 saturated carbocycles. The Morgan fingerprint density at radius 3 is 2.78 bits per heavy atom. The van der Waals surface area contributed by atoms with Gasteiger partial charge in [-0.2, -0.15) is 5.26 Å². The van der Waals surface area contributed by atoms with Crippen LogP contribution in [0, 0.1) is 18.3 Å². The molecule has 0 bridgehead atoms. The fraction of sp³-hybridized carbons (Fsp3) is 0.136. The van der Waals surface area contributed by atoms with Gasteiger partial charge in [0.05, 0.1) is 11.6 Å². The number of nitriles is 1. The molecule has 2 N–H and O–H groups in total. The van der Waals surface area contributed by atoms with Crippen LogP contribution in [0.2, 0.25) is 0 Å². The third-order valence-electron chi connectivity index (χ3n) is 4.59. The normalized spacial score (nSPS) is 12.0. The highest BCUT2D eigenvalue weighted by atomic mass is 16.5. The van der Waals surface area contributed by atoms with Crippen molar-refractivity contribution in [2.45, 2.75) is 19.4 Å². The minimum absolute atomic E-state index is 0.222. The molecule has 5 heteroatoms. The number of rotatable bonds is 4. The maximum absolute atomic E-state index is 9.06. The number of nitrogens with two attached hydrogens (primary N) is 1. The van der Waals surface area contributed by atoms with Gasteiger partial charge in [0.15, 0.2) is 5.58 Å². The number of pyridine rings is 1. The van der Waals surface area contributed by atoms with E-state index in [1.54, 1.807) is 12.1 Å². The maximum Gasteiger partial charge on any atom is 0.168 e. The van der Waals surface area contributed by atoms with Crippen molar-refractivity contribution in [3.05, 3.63) is 83.2 Å². The van der Waals surface area contributed by atoms with Crippen molar-refractivity contribution >= 4 is 11.0 Å². The highest BCUT2D eigenvalue weighted by Gasteiger charge is 2.18. The van der Waals surface area contributed by atoms with Gasteiger partial charge in [0, 0.05) is 40.9 Å². The zero-order chi connectivity index (χ0) is 18.8. The summed E-state index contributed by atoms with van der Waals surface area (Å²) >= 11 is 0. The lowest BCUT2D eigenvalue weighted by Gasteiger charge is -2.15. The molecule has 0 amide bonds. The molecule has 0 fully saturated rings. The Morgan fingerprint density at radius 1 is 1.11 bits per heavy atom. The van der Waals surface area contributed by atoms with Gasteiger partial charge in [0.2, 0.25) is 0 Å². The van der Waals surface area contributed by atoms with E-state index < -0.39 is 0 Å². The summed E-state index contributed by atoms with van der Waals surface area (Å²) in [6.45, 7) is 1.97. The van der Waals surface area contributed by atoms with Crippen LogP contribution in [-0.4, -0.2) is 10.1 Å². The third kappa shape index (κ3) is 3.31. The van der Waals surface area contributed by atoms with Crippen LogP contribution in [0.4, 0.5) is 0 Å². The van der Waals surface area contributed by atoms with Crippen molar-refractivity contribution < 1.29 is 4.52 Å². The standard InChI is InChI=1S/C22H18N4O/c1-14-5-4-6-16(25-14)12-20(24)17-7-2-3-8-18(17)22-19-10-9-15(13-23)11-21(19)27-26-22/h2-11,20H,12,24H2,1H3. The minimum atomic E-state index is -0.222. The summed E-state index contributed by atoms with van der Waals surface area (Å²) in [6.07, 6.45) is 0.632. The molecule has 27 heavy (non-hydrogen) atoms. The van der Waals surface area contributed by atoms with Gasteiger partial charge >= 0.3 is 0 Å². The lowest BCUT2D eigenvalue weighted by Crippen LogP contribution is -2.15. The first kappa shape index (κ1) is 17.0. The summed E-state index contributed by atoms with van der Waals surface area (Å²) in [6, 6.07) is 21.1. The van der Waals surface area contributed by atoms with E-state index in [0.717, 1.165) is 33.6 Å². The summed E-state index contributed by atoms with van der Waals surface area (Å²) in [4.78, 5) is 4.56. The predicted octanol–water partition coefficient (Wildman–Crippen LogP) is 4.31. The Labute approximate surface area is 157 Å². The van der Waals surface area contributed by atoms with E-state index in [-0.39, 0.29) is 6.04 Å². The first-order chi connectivity index (χ1) is 13.2. The van der Waals surface area contributed by atoms with Gasteiger partial charge in [0.25, 0.3) is 0 Å². The Morgan fingerprint density at radius 2 is 1.96 bits per heavy atom. The highest BCUT2D eigenvalue weighted by molar-refractivity contribution is 5.93. The third-order valence-corrected chi connectivity index (χ3v) is 4.59. The SMILES string of the molecule is Cc1cccc(CC(N)c2ccccc2-c2noc3cc(C#N)ccc23)n1. The average Bonchev–Trinajstić information content (AvgIpc) is 3.11. The second-order valence-corrected chi connectivity index (χ2v) is 6.52. The fourth-order valence-corrected chi connectivity index (χ4v) is 3.29. The van der Waals surface area contributed by atoms with Gasteiger partial charge < -0.3 is 10.3 Å². The molecule has 2 heterocycles. The number of aryl methyl sites for hydroxylation is 1. The maximum atomic E-state index is 9.06. The largest absolute Gasteiger partial charge is 0.356 e. The van der Waals surface area contributed by atoms with Gasteiger partial charge in [-0.15, -0.1) is 0 Å². The Hall–Kier alpha value is -3.49. The lowest BCUT2D eigenvalue weighted by molar-refractivity contribution is 0.459. The summed E-state index contributed by atoms with van der Waals surface area (Å²) in [7, 11) is 0. The van der Waals surface area contributed by atoms with Gasteiger partial charge in [0.1, 0.15) is 5.69 Å². The topological polar surface area (TPSA) is 88.7 Å². The van der Waals surface area contributed by atoms with Crippen LogP contribution in [-0.2, 0) is 6.42 Å². The number of hydrogen-bond acceptors (Lipinski definition) is 5. The van der Waals surface area contributed by atoms with Crippen molar-refractivity contribution in [1.29, 1.82) is 5.26 Å². The summed E-state index contributed by atoms with van der Waals surface area (Å²) in [5.41, 5.74) is 12.3. The fourth-order valence-electron chi connectivity index (χ4n) is 3.29. The van der Waals surface area contributed by atoms with Gasteiger partial charge in [-0.3, -0.25) is 4.98 Å². The van der Waals surface area contributed by atoms with Crippen LogP contribution in [0.25, 0.3) is 22.2 Å². The molecule has 0 radical (unpaired) electrons. The lowest BCUT2D eigenvalue weighted by atomic mass is 9.94. The first-order valence-corrected chi connectivity index (χ1v) is 8.72. The molecule has 5 nitrogen and oxygen atoms in total. The monoisotopic (exact) mass is 354 g/mol. The molecular weight excluding hydrogens is 336 g/mol. The summed E-state index contributed by atoms with van der Waals surface area (Å²) in [5, 5.41) is 14.2. The number of fused-ring (bicyclic) bond motifs is 1. The Kier molecular flexibility index (Phi) is 4.41. The first-order valence-electron chi connectivity index (χ1n) is 8.72. The highest BCUT2D eigenvalue weighted by Crippen LogP contribution is 2.33. The van der Waals surface area contributed by atoms with E-state index >= 15 is 0 Å². The average molecular weight is 354 g/mol. The van der Waals surface area contributed by atoms with Crippen LogP contribution in [0.3, 0.4) is 0 Å². The van der Waals surface area contributed by atoms with Gasteiger partial charge in [-0.25, -0.2) is 0 Å². The molecule has 1 unspecified atom stereocenters. The zero-order valence-electron chi connectivity index (χ0n) is 14.9. The van der Waals surface area contributed by atoms with Crippen molar-refractivity contribution in [3.8, 4) is 17.3 Å². The molecular formula is C22H18N4O. The molecule has 0 aliphatic carbocycles. The molecule has 4 aromatic rings. The molecule has 4 rings (SSSR count). The van der Waals surface area contributed by atoms with Crippen LogP contribution in [0.15, 0.2) is 65.2 Å². The quantitative estimate of drug-likeness (QED) is 0.590. The number of aromatic nitrogens is 2. The van der Waals surface area contributed by atoms with Crippen molar-refractivity contribution in [1.82, 2.24) is 10.1 Å². The second-order valence-electron chi connectivity index (χ2n) is 6.52. The van der Waals surface area contributed by atoms with Crippen LogP contribution < -0.4 is 5.73 Å². The van der Waals surface area contributed by atoms with E-state index in [4.69, 9.17) is 15.5 Å². The Bertz CT molecular complexity index is 1160. The van der Waals surface area contributed by atoms with Crippen LogP contribution in [0.1, 0.15) is 28.6 Å². The van der Waals surface area contributed by atoms with Crippen LogP contribution >= 0.6 is 0 Å². The van der Waals surface area contributed by atoms with E-state index in [1.807, 2.05) is 55.5 Å². The minimum Gasteiger partial charge on any atom is -0.356 e. The molecule has 2 aromatic carbocycles. The Balaban J connectivity index is 1.74.